The molecule has 4 rings (SSSR count). The molecule has 0 aliphatic rings. The van der Waals surface area contributed by atoms with Crippen LogP contribution < -0.4 is 0 Å². The summed E-state index contributed by atoms with van der Waals surface area (Å²) in [5.41, 5.74) is 4.32. The van der Waals surface area contributed by atoms with Crippen molar-refractivity contribution in [3.8, 4) is 11.3 Å². The van der Waals surface area contributed by atoms with Crippen LogP contribution >= 0.6 is 0 Å². The van der Waals surface area contributed by atoms with Gasteiger partial charge in [-0.3, -0.25) is 0 Å². The zero-order valence-electron chi connectivity index (χ0n) is 11.7. The van der Waals surface area contributed by atoms with E-state index in [-0.39, 0.29) is 0 Å². The molecule has 0 bridgehead atoms. The summed E-state index contributed by atoms with van der Waals surface area (Å²) in [6.45, 7) is 0. The fourth-order valence-electron chi connectivity index (χ4n) is 2.51. The number of nitrogens with zero attached hydrogens (tertiary/aromatic N) is 4. The maximum Gasteiger partial charge on any atom is 0.141 e. The first-order chi connectivity index (χ1) is 10.9. The predicted molar refractivity (Wildman–Crippen MR) is 86.7 cm³/mol. The van der Waals surface area contributed by atoms with Crippen LogP contribution in [0.25, 0.3) is 22.2 Å². The Morgan fingerprint density at radius 1 is 0.909 bits per heavy atom. The lowest BCUT2D eigenvalue weighted by Gasteiger charge is -2.00. The third-order valence-corrected chi connectivity index (χ3v) is 3.54. The van der Waals surface area contributed by atoms with Gasteiger partial charge in [0.15, 0.2) is 0 Å². The monoisotopic (exact) mass is 287 g/mol. The van der Waals surface area contributed by atoms with E-state index in [1.54, 1.807) is 17.3 Å². The number of rotatable bonds is 3. The van der Waals surface area contributed by atoms with E-state index in [9.17, 15) is 0 Å². The van der Waals surface area contributed by atoms with Crippen LogP contribution in [0.5, 0.6) is 0 Å². The number of aromatic amines is 1. The zero-order chi connectivity index (χ0) is 14.8. The lowest BCUT2D eigenvalue weighted by atomic mass is 10.1. The highest BCUT2D eigenvalue weighted by molar-refractivity contribution is 6.05. The molecule has 4 aromatic rings. The molecule has 0 spiro atoms. The van der Waals surface area contributed by atoms with Crippen molar-refractivity contribution in [1.82, 2.24) is 19.9 Å². The van der Waals surface area contributed by atoms with E-state index in [0.29, 0.717) is 0 Å². The van der Waals surface area contributed by atoms with Gasteiger partial charge in [-0.2, -0.15) is 5.10 Å². The standard InChI is InChI=1S/C17H13N5/c1-2-6-13(7-3-1)17-15(10-20-22-11-18-19-12-22)14-8-4-5-9-16(14)21-17/h1-12,21H/b20-10+. The largest absolute Gasteiger partial charge is 0.354 e. The fraction of sp³-hybridized carbons (Fsp3) is 0. The third-order valence-electron chi connectivity index (χ3n) is 3.54. The van der Waals surface area contributed by atoms with E-state index in [1.165, 1.54) is 0 Å². The number of aromatic nitrogens is 4. The molecule has 0 aliphatic carbocycles. The van der Waals surface area contributed by atoms with Crippen molar-refractivity contribution in [2.24, 2.45) is 5.10 Å². The van der Waals surface area contributed by atoms with Crippen LogP contribution in [0, 0.1) is 0 Å². The molecule has 22 heavy (non-hydrogen) atoms. The molecule has 0 radical (unpaired) electrons. The minimum absolute atomic E-state index is 1.05. The van der Waals surface area contributed by atoms with Crippen molar-refractivity contribution >= 4 is 17.1 Å². The van der Waals surface area contributed by atoms with Crippen LogP contribution in [-0.2, 0) is 0 Å². The normalized spacial score (nSPS) is 11.5. The summed E-state index contributed by atoms with van der Waals surface area (Å²) in [7, 11) is 0. The average molecular weight is 287 g/mol. The van der Waals surface area contributed by atoms with Crippen LogP contribution in [0.4, 0.5) is 0 Å². The summed E-state index contributed by atoms with van der Waals surface area (Å²) in [5.74, 6) is 0. The molecule has 2 heterocycles. The first-order valence-electron chi connectivity index (χ1n) is 6.97. The summed E-state index contributed by atoms with van der Waals surface area (Å²) in [5, 5.41) is 13.0. The molecule has 0 saturated carbocycles. The van der Waals surface area contributed by atoms with Gasteiger partial charge in [0.2, 0.25) is 0 Å². The van der Waals surface area contributed by atoms with E-state index in [4.69, 9.17) is 0 Å². The molecule has 0 saturated heterocycles. The molecular weight excluding hydrogens is 274 g/mol. The number of para-hydroxylation sites is 1. The lowest BCUT2D eigenvalue weighted by Crippen LogP contribution is -1.89. The van der Waals surface area contributed by atoms with Gasteiger partial charge in [-0.05, 0) is 11.6 Å². The van der Waals surface area contributed by atoms with Gasteiger partial charge in [0, 0.05) is 16.5 Å². The second-order valence-corrected chi connectivity index (χ2v) is 4.91. The number of nitrogens with one attached hydrogen (secondary N) is 1. The topological polar surface area (TPSA) is 58.9 Å². The molecule has 5 nitrogen and oxygen atoms in total. The van der Waals surface area contributed by atoms with Crippen molar-refractivity contribution in [1.29, 1.82) is 0 Å². The second kappa shape index (κ2) is 5.29. The summed E-state index contributed by atoms with van der Waals surface area (Å²) in [4.78, 5) is 3.48. The van der Waals surface area contributed by atoms with E-state index in [2.05, 4.69) is 44.5 Å². The van der Waals surface area contributed by atoms with Crippen LogP contribution in [0.15, 0.2) is 72.4 Å². The molecule has 0 atom stereocenters. The molecular formula is C17H13N5. The number of hydrogen-bond acceptors (Lipinski definition) is 3. The Labute approximate surface area is 126 Å². The molecule has 0 amide bonds. The average Bonchev–Trinajstić information content (AvgIpc) is 3.21. The molecule has 2 aromatic carbocycles. The number of hydrogen-bond donors (Lipinski definition) is 1. The molecule has 0 fully saturated rings. The molecule has 0 unspecified atom stereocenters. The summed E-state index contributed by atoms with van der Waals surface area (Å²) >= 11 is 0. The maximum absolute atomic E-state index is 4.39. The van der Waals surface area contributed by atoms with Gasteiger partial charge in [-0.1, -0.05) is 48.5 Å². The first kappa shape index (κ1) is 12.5. The molecule has 0 aliphatic heterocycles. The molecule has 1 N–H and O–H groups in total. The second-order valence-electron chi connectivity index (χ2n) is 4.91. The van der Waals surface area contributed by atoms with E-state index < -0.39 is 0 Å². The molecule has 2 aromatic heterocycles. The van der Waals surface area contributed by atoms with Crippen molar-refractivity contribution < 1.29 is 0 Å². The highest BCUT2D eigenvalue weighted by Crippen LogP contribution is 2.28. The Morgan fingerprint density at radius 3 is 2.45 bits per heavy atom. The SMILES string of the molecule is C(=N\n1cnnc1)/c1c(-c2ccccc2)[nH]c2ccccc12. The highest BCUT2D eigenvalue weighted by atomic mass is 15.4. The van der Waals surface area contributed by atoms with Gasteiger partial charge < -0.3 is 4.98 Å². The van der Waals surface area contributed by atoms with Gasteiger partial charge in [0.05, 0.1) is 11.9 Å². The Balaban J connectivity index is 1.90. The van der Waals surface area contributed by atoms with Crippen LogP contribution in [0.3, 0.4) is 0 Å². The minimum atomic E-state index is 1.05. The predicted octanol–water partition coefficient (Wildman–Crippen LogP) is 3.31. The smallest absolute Gasteiger partial charge is 0.141 e. The first-order valence-corrected chi connectivity index (χ1v) is 6.97. The van der Waals surface area contributed by atoms with E-state index >= 15 is 0 Å². The van der Waals surface area contributed by atoms with Crippen LogP contribution in [0.2, 0.25) is 0 Å². The van der Waals surface area contributed by atoms with Gasteiger partial charge in [0.1, 0.15) is 12.7 Å². The van der Waals surface area contributed by atoms with Gasteiger partial charge in [0.25, 0.3) is 0 Å². The quantitative estimate of drug-likeness (QED) is 0.588. The van der Waals surface area contributed by atoms with Crippen molar-refractivity contribution in [3.63, 3.8) is 0 Å². The Hall–Kier alpha value is -3.21. The Morgan fingerprint density at radius 2 is 1.64 bits per heavy atom. The Bertz CT molecular complexity index is 920. The fourth-order valence-corrected chi connectivity index (χ4v) is 2.51. The summed E-state index contributed by atoms with van der Waals surface area (Å²) < 4.78 is 1.58. The van der Waals surface area contributed by atoms with Gasteiger partial charge in [-0.15, -0.1) is 10.2 Å². The molecule has 106 valence electrons. The number of H-pyrrole nitrogens is 1. The van der Waals surface area contributed by atoms with Gasteiger partial charge >= 0.3 is 0 Å². The van der Waals surface area contributed by atoms with Crippen molar-refractivity contribution in [2.45, 2.75) is 0 Å². The lowest BCUT2D eigenvalue weighted by molar-refractivity contribution is 0.878. The highest BCUT2D eigenvalue weighted by Gasteiger charge is 2.11. The summed E-state index contributed by atoms with van der Waals surface area (Å²) in [6, 6.07) is 18.4. The number of fused-ring (bicyclic) bond motifs is 1. The molecule has 5 heteroatoms. The summed E-state index contributed by atoms with van der Waals surface area (Å²) in [6.07, 6.45) is 4.96. The minimum Gasteiger partial charge on any atom is -0.354 e. The Kier molecular flexibility index (Phi) is 3.01. The van der Waals surface area contributed by atoms with Crippen LogP contribution in [-0.4, -0.2) is 26.1 Å². The van der Waals surface area contributed by atoms with Crippen molar-refractivity contribution in [3.05, 3.63) is 72.8 Å². The zero-order valence-corrected chi connectivity index (χ0v) is 11.7. The third kappa shape index (κ3) is 2.18. The van der Waals surface area contributed by atoms with Gasteiger partial charge in [-0.25, -0.2) is 4.68 Å². The van der Waals surface area contributed by atoms with Crippen LogP contribution in [0.1, 0.15) is 5.56 Å². The van der Waals surface area contributed by atoms with E-state index in [0.717, 1.165) is 27.7 Å². The van der Waals surface area contributed by atoms with Crippen molar-refractivity contribution in [2.75, 3.05) is 0 Å². The number of benzene rings is 2. The van der Waals surface area contributed by atoms with E-state index in [1.807, 2.05) is 36.5 Å². The maximum atomic E-state index is 4.39.